The fourth-order valence-electron chi connectivity index (χ4n) is 3.28. The summed E-state index contributed by atoms with van der Waals surface area (Å²) in [7, 11) is 0. The molecule has 9 heteroatoms. The van der Waals surface area contributed by atoms with Crippen LogP contribution in [0.4, 0.5) is 11.4 Å². The van der Waals surface area contributed by atoms with Crippen molar-refractivity contribution < 1.29 is 14.5 Å². The van der Waals surface area contributed by atoms with Crippen LogP contribution in [0, 0.1) is 10.1 Å². The van der Waals surface area contributed by atoms with Crippen LogP contribution in [-0.2, 0) is 4.79 Å². The Labute approximate surface area is 173 Å². The van der Waals surface area contributed by atoms with Gasteiger partial charge >= 0.3 is 0 Å². The summed E-state index contributed by atoms with van der Waals surface area (Å²) in [5.74, 6) is -0.485. The number of benzene rings is 2. The standard InChI is InChI=1S/C20H21ClN4O4/c1-14(22-19(26)15-5-3-2-4-6-15)20(27)24-11-9-23(10-12-24)17-8-7-16(21)13-18(17)25(28)29/h2-8,13-14H,9-12H2,1H3,(H,22,26). The third kappa shape index (κ3) is 4.83. The van der Waals surface area contributed by atoms with Gasteiger partial charge in [-0.3, -0.25) is 19.7 Å². The van der Waals surface area contributed by atoms with Crippen molar-refractivity contribution in [1.82, 2.24) is 10.2 Å². The second kappa shape index (κ2) is 8.91. The number of anilines is 1. The van der Waals surface area contributed by atoms with E-state index in [9.17, 15) is 19.7 Å². The number of carbonyl (C=O) groups excluding carboxylic acids is 2. The molecule has 2 amide bonds. The highest BCUT2D eigenvalue weighted by molar-refractivity contribution is 6.30. The topological polar surface area (TPSA) is 95.8 Å². The molecule has 1 aliphatic rings. The first-order valence-corrected chi connectivity index (χ1v) is 9.58. The third-order valence-corrected chi connectivity index (χ3v) is 5.06. The van der Waals surface area contributed by atoms with Crippen LogP contribution in [0.3, 0.4) is 0 Å². The fourth-order valence-corrected chi connectivity index (χ4v) is 3.45. The van der Waals surface area contributed by atoms with Crippen LogP contribution >= 0.6 is 11.6 Å². The van der Waals surface area contributed by atoms with E-state index in [1.807, 2.05) is 11.0 Å². The summed E-state index contributed by atoms with van der Waals surface area (Å²) in [6.07, 6.45) is 0. The Morgan fingerprint density at radius 1 is 1.10 bits per heavy atom. The molecule has 1 unspecified atom stereocenters. The molecular formula is C20H21ClN4O4. The van der Waals surface area contributed by atoms with Gasteiger partial charge in [0.1, 0.15) is 11.7 Å². The lowest BCUT2D eigenvalue weighted by atomic mass is 10.1. The Balaban J connectivity index is 1.60. The smallest absolute Gasteiger partial charge is 0.294 e. The molecular weight excluding hydrogens is 396 g/mol. The van der Waals surface area contributed by atoms with Crippen LogP contribution in [0.25, 0.3) is 0 Å². The maximum Gasteiger partial charge on any atom is 0.294 e. The summed E-state index contributed by atoms with van der Waals surface area (Å²) >= 11 is 5.87. The molecule has 1 atom stereocenters. The van der Waals surface area contributed by atoms with E-state index in [4.69, 9.17) is 11.6 Å². The molecule has 0 saturated carbocycles. The minimum atomic E-state index is -0.667. The van der Waals surface area contributed by atoms with Crippen molar-refractivity contribution in [3.63, 3.8) is 0 Å². The van der Waals surface area contributed by atoms with Crippen LogP contribution in [0.15, 0.2) is 48.5 Å². The minimum Gasteiger partial charge on any atom is -0.362 e. The number of nitro benzene ring substituents is 1. The van der Waals surface area contributed by atoms with Crippen molar-refractivity contribution in [1.29, 1.82) is 0 Å². The van der Waals surface area contributed by atoms with Crippen LogP contribution in [0.2, 0.25) is 5.02 Å². The summed E-state index contributed by atoms with van der Waals surface area (Å²) in [5.41, 5.74) is 0.921. The first-order chi connectivity index (χ1) is 13.9. The van der Waals surface area contributed by atoms with Gasteiger partial charge in [0.05, 0.1) is 4.92 Å². The monoisotopic (exact) mass is 416 g/mol. The van der Waals surface area contributed by atoms with E-state index >= 15 is 0 Å². The molecule has 3 rings (SSSR count). The molecule has 0 aromatic heterocycles. The molecule has 1 saturated heterocycles. The quantitative estimate of drug-likeness (QED) is 0.597. The predicted molar refractivity (Wildman–Crippen MR) is 110 cm³/mol. The Morgan fingerprint density at radius 2 is 1.76 bits per heavy atom. The van der Waals surface area contributed by atoms with Gasteiger partial charge in [-0.25, -0.2) is 0 Å². The summed E-state index contributed by atoms with van der Waals surface area (Å²) in [6.45, 7) is 3.37. The van der Waals surface area contributed by atoms with E-state index in [0.29, 0.717) is 42.5 Å². The van der Waals surface area contributed by atoms with Gasteiger partial charge in [0.25, 0.3) is 11.6 Å². The van der Waals surface area contributed by atoms with E-state index in [2.05, 4.69) is 5.32 Å². The fraction of sp³-hybridized carbons (Fsp3) is 0.300. The van der Waals surface area contributed by atoms with E-state index in [1.54, 1.807) is 48.2 Å². The van der Waals surface area contributed by atoms with Gasteiger partial charge in [-0.2, -0.15) is 0 Å². The van der Waals surface area contributed by atoms with Gasteiger partial charge < -0.3 is 15.1 Å². The first kappa shape index (κ1) is 20.6. The van der Waals surface area contributed by atoms with E-state index in [-0.39, 0.29) is 17.5 Å². The Hall–Kier alpha value is -3.13. The lowest BCUT2D eigenvalue weighted by Crippen LogP contribution is -2.54. The zero-order valence-electron chi connectivity index (χ0n) is 15.9. The minimum absolute atomic E-state index is 0.0548. The van der Waals surface area contributed by atoms with Crippen LogP contribution in [0.1, 0.15) is 17.3 Å². The number of nitrogens with zero attached hydrogens (tertiary/aromatic N) is 3. The van der Waals surface area contributed by atoms with Crippen LogP contribution < -0.4 is 10.2 Å². The molecule has 1 aliphatic heterocycles. The number of nitrogens with one attached hydrogen (secondary N) is 1. The summed E-state index contributed by atoms with van der Waals surface area (Å²) in [6, 6.07) is 12.6. The number of nitro groups is 1. The van der Waals surface area contributed by atoms with Crippen LogP contribution in [-0.4, -0.2) is 53.9 Å². The molecule has 2 aromatic rings. The second-order valence-corrected chi connectivity index (χ2v) is 7.20. The summed E-state index contributed by atoms with van der Waals surface area (Å²) in [4.78, 5) is 39.3. The molecule has 2 aromatic carbocycles. The third-order valence-electron chi connectivity index (χ3n) is 4.82. The molecule has 1 N–H and O–H groups in total. The zero-order valence-corrected chi connectivity index (χ0v) is 16.6. The highest BCUT2D eigenvalue weighted by atomic mass is 35.5. The number of carbonyl (C=O) groups is 2. The molecule has 0 spiro atoms. The Morgan fingerprint density at radius 3 is 2.38 bits per heavy atom. The number of halogens is 1. The van der Waals surface area contributed by atoms with Gasteiger partial charge in [0.15, 0.2) is 0 Å². The van der Waals surface area contributed by atoms with Crippen molar-refractivity contribution in [3.8, 4) is 0 Å². The van der Waals surface area contributed by atoms with Crippen LogP contribution in [0.5, 0.6) is 0 Å². The molecule has 1 fully saturated rings. The molecule has 0 radical (unpaired) electrons. The number of piperazine rings is 1. The van der Waals surface area contributed by atoms with E-state index in [1.165, 1.54) is 6.07 Å². The van der Waals surface area contributed by atoms with Gasteiger partial charge in [0, 0.05) is 42.8 Å². The highest BCUT2D eigenvalue weighted by Gasteiger charge is 2.28. The number of rotatable bonds is 5. The lowest BCUT2D eigenvalue weighted by molar-refractivity contribution is -0.384. The van der Waals surface area contributed by atoms with Crippen molar-refractivity contribution in [2.75, 3.05) is 31.1 Å². The number of amides is 2. The predicted octanol–water partition coefficient (Wildman–Crippen LogP) is 2.72. The van der Waals surface area contributed by atoms with Crippen molar-refractivity contribution in [2.24, 2.45) is 0 Å². The Kier molecular flexibility index (Phi) is 6.33. The zero-order chi connectivity index (χ0) is 21.0. The molecule has 152 valence electrons. The molecule has 29 heavy (non-hydrogen) atoms. The molecule has 0 aliphatic carbocycles. The van der Waals surface area contributed by atoms with Gasteiger partial charge in [0.2, 0.25) is 5.91 Å². The maximum absolute atomic E-state index is 12.7. The normalized spacial score (nSPS) is 15.0. The molecule has 0 bridgehead atoms. The van der Waals surface area contributed by atoms with Gasteiger partial charge in [-0.05, 0) is 31.2 Å². The average molecular weight is 417 g/mol. The van der Waals surface area contributed by atoms with Crippen molar-refractivity contribution in [2.45, 2.75) is 13.0 Å². The van der Waals surface area contributed by atoms with Gasteiger partial charge in [-0.1, -0.05) is 29.8 Å². The van der Waals surface area contributed by atoms with Crippen molar-refractivity contribution >= 4 is 34.8 Å². The summed E-state index contributed by atoms with van der Waals surface area (Å²) < 4.78 is 0. The van der Waals surface area contributed by atoms with E-state index < -0.39 is 11.0 Å². The Bertz CT molecular complexity index is 914. The number of hydrogen-bond donors (Lipinski definition) is 1. The van der Waals surface area contributed by atoms with E-state index in [0.717, 1.165) is 0 Å². The van der Waals surface area contributed by atoms with Gasteiger partial charge in [-0.15, -0.1) is 0 Å². The summed E-state index contributed by atoms with van der Waals surface area (Å²) in [5, 5.41) is 14.3. The highest BCUT2D eigenvalue weighted by Crippen LogP contribution is 2.31. The first-order valence-electron chi connectivity index (χ1n) is 9.20. The SMILES string of the molecule is CC(NC(=O)c1ccccc1)C(=O)N1CCN(c2ccc(Cl)cc2[N+](=O)[O-])CC1. The number of hydrogen-bond acceptors (Lipinski definition) is 5. The average Bonchev–Trinajstić information content (AvgIpc) is 2.73. The maximum atomic E-state index is 12.7. The molecule has 1 heterocycles. The second-order valence-electron chi connectivity index (χ2n) is 6.76. The molecule has 8 nitrogen and oxygen atoms in total. The largest absolute Gasteiger partial charge is 0.362 e. The lowest BCUT2D eigenvalue weighted by Gasteiger charge is -2.37. The van der Waals surface area contributed by atoms with Crippen molar-refractivity contribution in [3.05, 3.63) is 69.2 Å².